The maximum Gasteiger partial charge on any atom is 0.344 e. The first-order chi connectivity index (χ1) is 10.4. The van der Waals surface area contributed by atoms with Crippen LogP contribution in [0.5, 0.6) is 5.75 Å². The Balaban J connectivity index is 2.42. The van der Waals surface area contributed by atoms with Crippen molar-refractivity contribution >= 4 is 23.6 Å². The smallest absolute Gasteiger partial charge is 0.344 e. The minimum atomic E-state index is -0.912. The van der Waals surface area contributed by atoms with E-state index in [9.17, 15) is 24.5 Å². The molecule has 0 aliphatic rings. The first-order valence-electron chi connectivity index (χ1n) is 5.97. The summed E-state index contributed by atoms with van der Waals surface area (Å²) < 4.78 is 9.51. The lowest BCUT2D eigenvalue weighted by Gasteiger charge is -2.07. The van der Waals surface area contributed by atoms with Crippen molar-refractivity contribution in [1.82, 2.24) is 10.6 Å². The number of hydrogen-bond acceptors (Lipinski definition) is 7. The fraction of sp³-hybridized carbons (Fsp3) is 0.250. The number of rotatable bonds is 6. The van der Waals surface area contributed by atoms with Gasteiger partial charge in [-0.2, -0.15) is 0 Å². The van der Waals surface area contributed by atoms with Gasteiger partial charge in [0.15, 0.2) is 19.0 Å². The van der Waals surface area contributed by atoms with Crippen molar-refractivity contribution in [2.24, 2.45) is 0 Å². The van der Waals surface area contributed by atoms with Crippen LogP contribution >= 0.6 is 0 Å². The molecule has 0 bridgehead atoms. The average Bonchev–Trinajstić information content (AvgIpc) is 2.50. The number of nitro benzene ring substituents is 1. The van der Waals surface area contributed by atoms with E-state index in [1.54, 1.807) is 0 Å². The third-order valence-electron chi connectivity index (χ3n) is 2.25. The van der Waals surface area contributed by atoms with Gasteiger partial charge in [0.05, 0.1) is 4.92 Å². The molecule has 0 heterocycles. The zero-order valence-corrected chi connectivity index (χ0v) is 11.5. The Morgan fingerprint density at radius 2 is 1.91 bits per heavy atom. The zero-order valence-electron chi connectivity index (χ0n) is 11.5. The number of carbonyl (C=O) groups is 3. The van der Waals surface area contributed by atoms with Gasteiger partial charge < -0.3 is 14.8 Å². The second-order valence-electron chi connectivity index (χ2n) is 3.80. The van der Waals surface area contributed by atoms with E-state index < -0.39 is 36.0 Å². The Bertz CT molecular complexity index is 588. The van der Waals surface area contributed by atoms with Crippen molar-refractivity contribution in [1.29, 1.82) is 0 Å². The molecule has 1 rings (SSSR count). The molecule has 22 heavy (non-hydrogen) atoms. The summed E-state index contributed by atoms with van der Waals surface area (Å²) >= 11 is 0. The number of hydrogen-bond donors (Lipinski definition) is 2. The summed E-state index contributed by atoms with van der Waals surface area (Å²) in [5.74, 6) is -1.83. The van der Waals surface area contributed by atoms with Gasteiger partial charge >= 0.3 is 17.7 Å². The number of carbonyl (C=O) groups excluding carboxylic acids is 3. The molecule has 0 unspecified atom stereocenters. The molecule has 118 valence electrons. The number of imide groups is 1. The van der Waals surface area contributed by atoms with Crippen molar-refractivity contribution in [3.8, 4) is 5.75 Å². The molecular formula is C12H13N3O7. The van der Waals surface area contributed by atoms with Crippen molar-refractivity contribution < 1.29 is 28.8 Å². The maximum absolute atomic E-state index is 11.4. The largest absolute Gasteiger partial charge is 0.475 e. The predicted molar refractivity (Wildman–Crippen MR) is 72.1 cm³/mol. The molecule has 0 aromatic heterocycles. The molecule has 3 amide bonds. The van der Waals surface area contributed by atoms with Gasteiger partial charge in [-0.1, -0.05) is 12.1 Å². The molecule has 0 aliphatic heterocycles. The molecule has 1 aromatic carbocycles. The minimum absolute atomic E-state index is 0.0979. The van der Waals surface area contributed by atoms with E-state index in [2.05, 4.69) is 10.1 Å². The van der Waals surface area contributed by atoms with Gasteiger partial charge in [-0.3, -0.25) is 20.2 Å². The van der Waals surface area contributed by atoms with Crippen LogP contribution in [0.25, 0.3) is 0 Å². The molecule has 0 saturated carbocycles. The van der Waals surface area contributed by atoms with Crippen LogP contribution in [0.4, 0.5) is 10.5 Å². The predicted octanol–water partition coefficient (Wildman–Crippen LogP) is -0.0276. The number of amides is 3. The number of ether oxygens (including phenoxy) is 2. The fourth-order valence-corrected chi connectivity index (χ4v) is 1.28. The van der Waals surface area contributed by atoms with Gasteiger partial charge in [-0.25, -0.2) is 9.59 Å². The maximum atomic E-state index is 11.4. The van der Waals surface area contributed by atoms with E-state index in [0.717, 1.165) is 0 Å². The van der Waals surface area contributed by atoms with Crippen LogP contribution in [0.3, 0.4) is 0 Å². The van der Waals surface area contributed by atoms with Crippen LogP contribution in [0.1, 0.15) is 0 Å². The quantitative estimate of drug-likeness (QED) is 0.427. The molecule has 0 atom stereocenters. The summed E-state index contributed by atoms with van der Waals surface area (Å²) in [5, 5.41) is 14.8. The minimum Gasteiger partial charge on any atom is -0.475 e. The highest BCUT2D eigenvalue weighted by molar-refractivity contribution is 5.95. The monoisotopic (exact) mass is 311 g/mol. The Morgan fingerprint density at radius 1 is 1.23 bits per heavy atom. The topological polar surface area (TPSA) is 137 Å². The molecular weight excluding hydrogens is 298 g/mol. The number of nitrogens with one attached hydrogen (secondary N) is 2. The summed E-state index contributed by atoms with van der Waals surface area (Å²) in [5.41, 5.74) is -0.298. The second kappa shape index (κ2) is 8.19. The SMILES string of the molecule is CNC(=O)NC(=O)COC(=O)COc1ccccc1[N+](=O)[O-]. The van der Waals surface area contributed by atoms with E-state index in [1.807, 2.05) is 5.32 Å². The number of nitro groups is 1. The highest BCUT2D eigenvalue weighted by Gasteiger charge is 2.16. The lowest BCUT2D eigenvalue weighted by atomic mass is 10.3. The summed E-state index contributed by atoms with van der Waals surface area (Å²) in [4.78, 5) is 43.4. The summed E-state index contributed by atoms with van der Waals surface area (Å²) in [7, 11) is 1.31. The molecule has 10 heteroatoms. The Kier molecular flexibility index (Phi) is 6.29. The Labute approximate surface area is 124 Å². The normalized spacial score (nSPS) is 9.50. The highest BCUT2D eigenvalue weighted by Crippen LogP contribution is 2.25. The lowest BCUT2D eigenvalue weighted by Crippen LogP contribution is -2.40. The van der Waals surface area contributed by atoms with E-state index in [4.69, 9.17) is 4.74 Å². The van der Waals surface area contributed by atoms with Crippen LogP contribution < -0.4 is 15.4 Å². The third kappa shape index (κ3) is 5.45. The Hall–Kier alpha value is -3.17. The number of esters is 1. The molecule has 0 radical (unpaired) electrons. The zero-order chi connectivity index (χ0) is 16.5. The van der Waals surface area contributed by atoms with Crippen molar-refractivity contribution in [3.05, 3.63) is 34.4 Å². The summed E-state index contributed by atoms with van der Waals surface area (Å²) in [6.45, 7) is -1.29. The molecule has 0 aliphatic carbocycles. The molecule has 0 spiro atoms. The summed E-state index contributed by atoms with van der Waals surface area (Å²) in [6.07, 6.45) is 0. The van der Waals surface area contributed by atoms with Gasteiger partial charge in [-0.05, 0) is 6.07 Å². The fourth-order valence-electron chi connectivity index (χ4n) is 1.28. The van der Waals surface area contributed by atoms with Crippen LogP contribution in [0.15, 0.2) is 24.3 Å². The van der Waals surface area contributed by atoms with Crippen LogP contribution in [0, 0.1) is 10.1 Å². The molecule has 0 saturated heterocycles. The van der Waals surface area contributed by atoms with Crippen molar-refractivity contribution in [2.75, 3.05) is 20.3 Å². The van der Waals surface area contributed by atoms with Gasteiger partial charge in [0, 0.05) is 13.1 Å². The number of benzene rings is 1. The number of para-hydroxylation sites is 2. The second-order valence-corrected chi connectivity index (χ2v) is 3.80. The van der Waals surface area contributed by atoms with Crippen LogP contribution in [-0.2, 0) is 14.3 Å². The first kappa shape index (κ1) is 16.9. The standard InChI is InChI=1S/C12H13N3O7/c1-13-12(18)14-10(16)6-22-11(17)7-21-9-5-3-2-4-8(9)15(19)20/h2-5H,6-7H2,1H3,(H2,13,14,16,18). The van der Waals surface area contributed by atoms with Crippen molar-refractivity contribution in [2.45, 2.75) is 0 Å². The van der Waals surface area contributed by atoms with E-state index >= 15 is 0 Å². The molecule has 0 fully saturated rings. The van der Waals surface area contributed by atoms with E-state index in [-0.39, 0.29) is 11.4 Å². The average molecular weight is 311 g/mol. The third-order valence-corrected chi connectivity index (χ3v) is 2.25. The first-order valence-corrected chi connectivity index (χ1v) is 5.97. The van der Waals surface area contributed by atoms with Gasteiger partial charge in [-0.15, -0.1) is 0 Å². The molecule has 1 aromatic rings. The van der Waals surface area contributed by atoms with E-state index in [1.165, 1.54) is 31.3 Å². The van der Waals surface area contributed by atoms with Gasteiger partial charge in [0.25, 0.3) is 5.91 Å². The number of urea groups is 1. The van der Waals surface area contributed by atoms with E-state index in [0.29, 0.717) is 0 Å². The number of nitrogens with zero attached hydrogens (tertiary/aromatic N) is 1. The van der Waals surface area contributed by atoms with Gasteiger partial charge in [0.2, 0.25) is 0 Å². The lowest BCUT2D eigenvalue weighted by molar-refractivity contribution is -0.385. The molecule has 2 N–H and O–H groups in total. The van der Waals surface area contributed by atoms with Crippen LogP contribution in [0.2, 0.25) is 0 Å². The van der Waals surface area contributed by atoms with Gasteiger partial charge in [0.1, 0.15) is 0 Å². The summed E-state index contributed by atoms with van der Waals surface area (Å²) in [6, 6.07) is 4.76. The van der Waals surface area contributed by atoms with Crippen molar-refractivity contribution in [3.63, 3.8) is 0 Å². The Morgan fingerprint density at radius 3 is 2.55 bits per heavy atom. The molecule has 10 nitrogen and oxygen atoms in total. The van der Waals surface area contributed by atoms with Crippen LogP contribution in [-0.4, -0.2) is 43.1 Å². The highest BCUT2D eigenvalue weighted by atomic mass is 16.6.